The van der Waals surface area contributed by atoms with Gasteiger partial charge >= 0.3 is 5.97 Å². The van der Waals surface area contributed by atoms with Crippen LogP contribution in [0.4, 0.5) is 5.69 Å². The van der Waals surface area contributed by atoms with Crippen molar-refractivity contribution in [1.29, 1.82) is 0 Å². The number of para-hydroxylation sites is 2. The molecule has 0 aliphatic rings. The number of ether oxygens (including phenoxy) is 1. The van der Waals surface area contributed by atoms with Gasteiger partial charge in [0.15, 0.2) is 6.61 Å². The van der Waals surface area contributed by atoms with Gasteiger partial charge < -0.3 is 20.4 Å². The van der Waals surface area contributed by atoms with Crippen molar-refractivity contribution in [2.75, 3.05) is 6.61 Å². The van der Waals surface area contributed by atoms with Crippen LogP contribution in [0.3, 0.4) is 0 Å². The number of halogens is 1. The Labute approximate surface area is 185 Å². The quantitative estimate of drug-likeness (QED) is 0.431. The van der Waals surface area contributed by atoms with Crippen LogP contribution in [-0.4, -0.2) is 28.8 Å². The fraction of sp³-hybridized carbons (Fsp3) is 0.174. The van der Waals surface area contributed by atoms with Crippen molar-refractivity contribution in [2.24, 2.45) is 10.7 Å². The van der Waals surface area contributed by atoms with E-state index < -0.39 is 18.5 Å². The number of fused-ring (bicyclic) bond motifs is 1. The third-order valence-electron chi connectivity index (χ3n) is 4.48. The Morgan fingerprint density at radius 2 is 1.84 bits per heavy atom. The van der Waals surface area contributed by atoms with Crippen molar-refractivity contribution >= 4 is 45.8 Å². The molecular formula is C23H23ClN4O3. The Balaban J connectivity index is 1.60. The number of aliphatic imine (C=N–C) groups is 1. The maximum absolute atomic E-state index is 12.3. The second kappa shape index (κ2) is 9.95. The highest BCUT2D eigenvalue weighted by molar-refractivity contribution is 6.35. The average molecular weight is 439 g/mol. The molecule has 2 aromatic carbocycles. The number of amides is 1. The van der Waals surface area contributed by atoms with Gasteiger partial charge in [-0.05, 0) is 38.1 Å². The minimum atomic E-state index is -0.558. The molecule has 1 aromatic heterocycles. The maximum Gasteiger partial charge on any atom is 0.326 e. The van der Waals surface area contributed by atoms with Gasteiger partial charge in [-0.3, -0.25) is 14.6 Å². The van der Waals surface area contributed by atoms with Gasteiger partial charge in [0.25, 0.3) is 5.91 Å². The molecule has 3 aromatic rings. The van der Waals surface area contributed by atoms with Gasteiger partial charge in [-0.15, -0.1) is 0 Å². The zero-order valence-corrected chi connectivity index (χ0v) is 18.0. The first-order valence-electron chi connectivity index (χ1n) is 9.61. The minimum absolute atomic E-state index is 0.0619. The molecule has 8 heteroatoms. The van der Waals surface area contributed by atoms with Crippen LogP contribution in [0.25, 0.3) is 10.9 Å². The van der Waals surface area contributed by atoms with E-state index in [9.17, 15) is 9.59 Å². The number of esters is 1. The molecule has 0 radical (unpaired) electrons. The standard InChI is InChI=1S/C23H23ClN4O3/c1-15(25)22(16(2)26-18-8-4-3-5-9-18)27-20(29)14-31-21(30)13-28-12-11-17-7-6-10-19(24)23(17)28/h3-12H,13-14,25H2,1-2H3,(H,27,29). The van der Waals surface area contributed by atoms with E-state index in [0.717, 1.165) is 16.6 Å². The number of carbonyl (C=O) groups excluding carboxylic acids is 2. The van der Waals surface area contributed by atoms with E-state index >= 15 is 0 Å². The second-order valence-corrected chi connectivity index (χ2v) is 7.33. The molecule has 31 heavy (non-hydrogen) atoms. The molecule has 1 heterocycles. The Morgan fingerprint density at radius 1 is 1.10 bits per heavy atom. The first-order valence-corrected chi connectivity index (χ1v) is 9.99. The van der Waals surface area contributed by atoms with Crippen molar-refractivity contribution in [3.8, 4) is 0 Å². The largest absolute Gasteiger partial charge is 0.454 e. The summed E-state index contributed by atoms with van der Waals surface area (Å²) in [6.07, 6.45) is 1.75. The molecule has 3 N–H and O–H groups in total. The summed E-state index contributed by atoms with van der Waals surface area (Å²) < 4.78 is 6.81. The number of nitrogens with zero attached hydrogens (tertiary/aromatic N) is 2. The molecule has 0 spiro atoms. The van der Waals surface area contributed by atoms with Crippen LogP contribution in [0.2, 0.25) is 5.02 Å². The van der Waals surface area contributed by atoms with E-state index in [0.29, 0.717) is 22.1 Å². The Bertz CT molecular complexity index is 1160. The van der Waals surface area contributed by atoms with E-state index in [1.165, 1.54) is 0 Å². The normalized spacial score (nSPS) is 12.4. The summed E-state index contributed by atoms with van der Waals surface area (Å²) in [4.78, 5) is 29.0. The second-order valence-electron chi connectivity index (χ2n) is 6.92. The zero-order chi connectivity index (χ0) is 22.4. The summed E-state index contributed by atoms with van der Waals surface area (Å²) in [7, 11) is 0. The number of hydrogen-bond donors (Lipinski definition) is 2. The van der Waals surface area contributed by atoms with E-state index in [4.69, 9.17) is 22.1 Å². The highest BCUT2D eigenvalue weighted by Gasteiger charge is 2.14. The van der Waals surface area contributed by atoms with E-state index in [1.54, 1.807) is 30.7 Å². The molecule has 0 aliphatic carbocycles. The predicted molar refractivity (Wildman–Crippen MR) is 122 cm³/mol. The molecule has 160 valence electrons. The Morgan fingerprint density at radius 3 is 2.55 bits per heavy atom. The van der Waals surface area contributed by atoms with E-state index in [-0.39, 0.29) is 6.54 Å². The number of aromatic nitrogens is 1. The first kappa shape index (κ1) is 22.1. The average Bonchev–Trinajstić information content (AvgIpc) is 3.15. The van der Waals surface area contributed by atoms with E-state index in [2.05, 4.69) is 10.3 Å². The van der Waals surface area contributed by atoms with Gasteiger partial charge in [0.2, 0.25) is 0 Å². The molecule has 0 atom stereocenters. The van der Waals surface area contributed by atoms with Crippen LogP contribution in [0.5, 0.6) is 0 Å². The lowest BCUT2D eigenvalue weighted by Gasteiger charge is -2.12. The monoisotopic (exact) mass is 438 g/mol. The van der Waals surface area contributed by atoms with Crippen molar-refractivity contribution in [1.82, 2.24) is 9.88 Å². The molecule has 0 fully saturated rings. The zero-order valence-electron chi connectivity index (χ0n) is 17.3. The summed E-state index contributed by atoms with van der Waals surface area (Å²) in [5.74, 6) is -1.07. The number of carbonyl (C=O) groups is 2. The number of nitrogens with one attached hydrogen (secondary N) is 1. The van der Waals surface area contributed by atoms with Crippen molar-refractivity contribution in [3.05, 3.63) is 77.2 Å². The van der Waals surface area contributed by atoms with E-state index in [1.807, 2.05) is 48.5 Å². The van der Waals surface area contributed by atoms with Gasteiger partial charge in [-0.25, -0.2) is 0 Å². The van der Waals surface area contributed by atoms with Crippen LogP contribution in [0, 0.1) is 0 Å². The maximum atomic E-state index is 12.3. The van der Waals surface area contributed by atoms with Crippen LogP contribution in [0.1, 0.15) is 13.8 Å². The Hall–Kier alpha value is -3.58. The topological polar surface area (TPSA) is 98.7 Å². The smallest absolute Gasteiger partial charge is 0.326 e. The number of hydrogen-bond acceptors (Lipinski definition) is 5. The summed E-state index contributed by atoms with van der Waals surface area (Å²) >= 11 is 6.22. The number of allylic oxidation sites excluding steroid dienone is 2. The number of rotatable bonds is 7. The van der Waals surface area contributed by atoms with Crippen LogP contribution in [0.15, 0.2) is 77.2 Å². The lowest BCUT2D eigenvalue weighted by molar-refractivity contribution is -0.148. The molecular weight excluding hydrogens is 416 g/mol. The van der Waals surface area contributed by atoms with Gasteiger partial charge in [-0.1, -0.05) is 41.9 Å². The summed E-state index contributed by atoms with van der Waals surface area (Å²) in [6, 6.07) is 16.7. The lowest BCUT2D eigenvalue weighted by Crippen LogP contribution is -2.33. The summed E-state index contributed by atoms with van der Waals surface area (Å²) in [6.45, 7) is 2.90. The molecule has 3 rings (SSSR count). The van der Waals surface area contributed by atoms with Crippen LogP contribution in [-0.2, 0) is 20.9 Å². The summed E-state index contributed by atoms with van der Waals surface area (Å²) in [5, 5.41) is 4.12. The molecule has 0 bridgehead atoms. The lowest BCUT2D eigenvalue weighted by atomic mass is 10.2. The highest BCUT2D eigenvalue weighted by atomic mass is 35.5. The van der Waals surface area contributed by atoms with Crippen molar-refractivity contribution in [2.45, 2.75) is 20.4 Å². The van der Waals surface area contributed by atoms with Crippen molar-refractivity contribution < 1.29 is 14.3 Å². The molecule has 0 aliphatic heterocycles. The van der Waals surface area contributed by atoms with Crippen molar-refractivity contribution in [3.63, 3.8) is 0 Å². The Kier molecular flexibility index (Phi) is 7.10. The summed E-state index contributed by atoms with van der Waals surface area (Å²) in [5.41, 5.74) is 8.70. The molecule has 0 saturated heterocycles. The third-order valence-corrected chi connectivity index (χ3v) is 4.78. The first-order chi connectivity index (χ1) is 14.8. The molecule has 0 unspecified atom stereocenters. The minimum Gasteiger partial charge on any atom is -0.454 e. The SMILES string of the molecule is CC(=Nc1ccccc1)C(NC(=O)COC(=O)Cn1ccc2cccc(Cl)c21)=C(C)N. The third kappa shape index (κ3) is 5.73. The number of benzene rings is 2. The molecule has 0 saturated carbocycles. The van der Waals surface area contributed by atoms with Gasteiger partial charge in [0, 0.05) is 17.3 Å². The van der Waals surface area contributed by atoms with Gasteiger partial charge in [0.1, 0.15) is 6.54 Å². The van der Waals surface area contributed by atoms with Crippen LogP contribution < -0.4 is 11.1 Å². The predicted octanol–water partition coefficient (Wildman–Crippen LogP) is 3.94. The molecule has 7 nitrogen and oxygen atoms in total. The highest BCUT2D eigenvalue weighted by Crippen LogP contribution is 2.24. The fourth-order valence-electron chi connectivity index (χ4n) is 3.08. The molecule has 1 amide bonds. The van der Waals surface area contributed by atoms with Crippen LogP contribution >= 0.6 is 11.6 Å². The number of nitrogens with two attached hydrogens (primary N) is 1. The van der Waals surface area contributed by atoms with Gasteiger partial charge in [-0.2, -0.15) is 0 Å². The van der Waals surface area contributed by atoms with Gasteiger partial charge in [0.05, 0.1) is 27.6 Å². The fourth-order valence-corrected chi connectivity index (χ4v) is 3.37.